The summed E-state index contributed by atoms with van der Waals surface area (Å²) in [7, 11) is 3.86. The number of carbonyl (C=O) groups excluding carboxylic acids is 1. The third kappa shape index (κ3) is 3.99. The molecule has 1 aliphatic carbocycles. The number of carbonyl (C=O) groups is 1. The molecule has 0 aromatic heterocycles. The molecule has 212 valence electrons. The molecule has 3 nitrogen and oxygen atoms in total. The Morgan fingerprint density at radius 3 is 2.09 bits per heavy atom. The average molecular weight is 562 g/mol. The molecular formula is C40H35NO2. The molecule has 7 rings (SSSR count). The van der Waals surface area contributed by atoms with E-state index in [-0.39, 0.29) is 5.78 Å². The van der Waals surface area contributed by atoms with Gasteiger partial charge >= 0.3 is 0 Å². The van der Waals surface area contributed by atoms with E-state index in [0.29, 0.717) is 5.56 Å². The van der Waals surface area contributed by atoms with E-state index in [4.69, 9.17) is 4.74 Å². The Kier molecular flexibility index (Phi) is 6.36. The summed E-state index contributed by atoms with van der Waals surface area (Å²) in [6.07, 6.45) is 4.62. The van der Waals surface area contributed by atoms with Crippen LogP contribution in [0.2, 0.25) is 0 Å². The normalized spacial score (nSPS) is 20.5. The van der Waals surface area contributed by atoms with Gasteiger partial charge < -0.3 is 9.64 Å². The van der Waals surface area contributed by atoms with E-state index in [0.717, 1.165) is 28.0 Å². The van der Waals surface area contributed by atoms with Crippen molar-refractivity contribution in [2.24, 2.45) is 5.92 Å². The van der Waals surface area contributed by atoms with Crippen molar-refractivity contribution in [3.8, 4) is 5.75 Å². The average Bonchev–Trinajstić information content (AvgIpc) is 3.23. The smallest absolute Gasteiger partial charge is 0.173 e. The molecule has 43 heavy (non-hydrogen) atoms. The largest absolute Gasteiger partial charge is 0.497 e. The first-order valence-electron chi connectivity index (χ1n) is 14.9. The van der Waals surface area contributed by atoms with Gasteiger partial charge in [-0.1, -0.05) is 123 Å². The lowest BCUT2D eigenvalue weighted by molar-refractivity contribution is 0.0885. The standard InChI is InChI=1S/C40H35NO2/c1-39(2)35-24-21-28-15-11-12-18-33(28)37(35)41(3)40(39)26-31(27-13-7-5-8-14-27)25-34(29-19-22-32(43-4)23-20-29)36(40)38(42)30-16-9-6-10-17-30/h5-26,36H,1-4H3. The van der Waals surface area contributed by atoms with Crippen molar-refractivity contribution in [3.63, 3.8) is 0 Å². The van der Waals surface area contributed by atoms with E-state index in [1.54, 1.807) is 7.11 Å². The summed E-state index contributed by atoms with van der Waals surface area (Å²) >= 11 is 0. The van der Waals surface area contributed by atoms with Crippen LogP contribution in [-0.4, -0.2) is 25.5 Å². The van der Waals surface area contributed by atoms with E-state index in [2.05, 4.69) is 111 Å². The molecule has 0 saturated heterocycles. The number of ketones is 1. The number of Topliss-reactive ketones (excluding diaryl/α,β-unsaturated/α-hetero) is 1. The predicted molar refractivity (Wildman–Crippen MR) is 178 cm³/mol. The zero-order valence-electron chi connectivity index (χ0n) is 25.0. The molecule has 0 amide bonds. The van der Waals surface area contributed by atoms with Crippen LogP contribution in [0.25, 0.3) is 21.9 Å². The van der Waals surface area contributed by atoms with Crippen LogP contribution in [0.4, 0.5) is 5.69 Å². The molecule has 1 heterocycles. The molecule has 0 fully saturated rings. The van der Waals surface area contributed by atoms with Gasteiger partial charge in [0.1, 0.15) is 5.75 Å². The Morgan fingerprint density at radius 2 is 1.40 bits per heavy atom. The van der Waals surface area contributed by atoms with Crippen molar-refractivity contribution in [1.29, 1.82) is 0 Å². The summed E-state index contributed by atoms with van der Waals surface area (Å²) in [6.45, 7) is 4.62. The predicted octanol–water partition coefficient (Wildman–Crippen LogP) is 8.99. The van der Waals surface area contributed by atoms with Gasteiger partial charge in [-0.3, -0.25) is 4.79 Å². The molecule has 0 N–H and O–H groups in total. The minimum absolute atomic E-state index is 0.114. The fourth-order valence-corrected chi connectivity index (χ4v) is 7.56. The summed E-state index contributed by atoms with van der Waals surface area (Å²) < 4.78 is 5.51. The van der Waals surface area contributed by atoms with Gasteiger partial charge in [-0.25, -0.2) is 0 Å². The lowest BCUT2D eigenvalue weighted by atomic mass is 9.57. The first-order chi connectivity index (χ1) is 20.9. The van der Waals surface area contributed by atoms with Crippen LogP contribution >= 0.6 is 0 Å². The van der Waals surface area contributed by atoms with E-state index < -0.39 is 16.9 Å². The molecule has 0 saturated carbocycles. The van der Waals surface area contributed by atoms with Gasteiger partial charge in [0.15, 0.2) is 5.78 Å². The summed E-state index contributed by atoms with van der Waals surface area (Å²) in [5.74, 6) is 0.418. The van der Waals surface area contributed by atoms with E-state index >= 15 is 4.79 Å². The van der Waals surface area contributed by atoms with Gasteiger partial charge in [0.05, 0.1) is 18.6 Å². The molecule has 2 unspecified atom stereocenters. The number of nitrogens with zero attached hydrogens (tertiary/aromatic N) is 1. The van der Waals surface area contributed by atoms with Gasteiger partial charge in [0.2, 0.25) is 0 Å². The maximum atomic E-state index is 15.0. The van der Waals surface area contributed by atoms with Gasteiger partial charge in [-0.2, -0.15) is 0 Å². The first kappa shape index (κ1) is 27.0. The van der Waals surface area contributed by atoms with Crippen molar-refractivity contribution in [3.05, 3.63) is 156 Å². The molecule has 0 radical (unpaired) electrons. The Morgan fingerprint density at radius 1 is 0.744 bits per heavy atom. The van der Waals surface area contributed by atoms with Crippen molar-refractivity contribution in [2.45, 2.75) is 24.8 Å². The van der Waals surface area contributed by atoms with Crippen molar-refractivity contribution >= 4 is 33.4 Å². The summed E-state index contributed by atoms with van der Waals surface area (Å²) in [5.41, 5.74) is 6.28. The Labute approximate surface area is 253 Å². The molecule has 1 spiro atoms. The summed E-state index contributed by atoms with van der Waals surface area (Å²) in [6, 6.07) is 41.5. The molecule has 5 aromatic rings. The zero-order chi connectivity index (χ0) is 29.8. The molecular weight excluding hydrogens is 526 g/mol. The topological polar surface area (TPSA) is 29.5 Å². The molecule has 0 bridgehead atoms. The third-order valence-electron chi connectivity index (χ3n) is 9.75. The Balaban J connectivity index is 1.56. The number of ether oxygens (including phenoxy) is 1. The van der Waals surface area contributed by atoms with Gasteiger partial charge in [0.25, 0.3) is 0 Å². The second-order valence-corrected chi connectivity index (χ2v) is 12.1. The fraction of sp³-hybridized carbons (Fsp3) is 0.175. The number of benzene rings is 5. The van der Waals surface area contributed by atoms with Crippen LogP contribution in [-0.2, 0) is 5.41 Å². The van der Waals surface area contributed by atoms with Crippen LogP contribution in [0.1, 0.15) is 40.9 Å². The number of methoxy groups -OCH3 is 1. The molecule has 1 aliphatic heterocycles. The molecule has 2 atom stereocenters. The number of likely N-dealkylation sites (N-methyl/N-ethyl adjacent to an activating group) is 1. The minimum atomic E-state index is -0.707. The summed E-state index contributed by atoms with van der Waals surface area (Å²) in [4.78, 5) is 17.4. The highest BCUT2D eigenvalue weighted by atomic mass is 16.5. The molecule has 2 aliphatic rings. The fourth-order valence-electron chi connectivity index (χ4n) is 7.56. The monoisotopic (exact) mass is 561 g/mol. The van der Waals surface area contributed by atoms with Crippen molar-refractivity contribution in [1.82, 2.24) is 0 Å². The van der Waals surface area contributed by atoms with Gasteiger partial charge in [-0.15, -0.1) is 0 Å². The van der Waals surface area contributed by atoms with Gasteiger partial charge in [-0.05, 0) is 57.5 Å². The van der Waals surface area contributed by atoms with Crippen LogP contribution in [0.15, 0.2) is 133 Å². The van der Waals surface area contributed by atoms with Crippen LogP contribution in [0.3, 0.4) is 0 Å². The first-order valence-corrected chi connectivity index (χ1v) is 14.9. The lowest BCUT2D eigenvalue weighted by Crippen LogP contribution is -2.61. The highest BCUT2D eigenvalue weighted by molar-refractivity contribution is 6.11. The number of fused-ring (bicyclic) bond motifs is 3. The molecule has 3 heteroatoms. The van der Waals surface area contributed by atoms with E-state index in [1.165, 1.54) is 22.0 Å². The van der Waals surface area contributed by atoms with Crippen molar-refractivity contribution < 1.29 is 9.53 Å². The SMILES string of the molecule is COc1ccc(C2=CC(c3ccccc3)=CC3(C2C(=O)c2ccccc2)N(C)c2c(ccc4ccccc24)C3(C)C)cc1. The van der Waals surface area contributed by atoms with E-state index in [1.807, 2.05) is 48.5 Å². The number of anilines is 1. The Bertz CT molecular complexity index is 1900. The molecule has 5 aromatic carbocycles. The van der Waals surface area contributed by atoms with Crippen LogP contribution < -0.4 is 9.64 Å². The number of hydrogen-bond donors (Lipinski definition) is 0. The number of hydrogen-bond acceptors (Lipinski definition) is 3. The van der Waals surface area contributed by atoms with E-state index in [9.17, 15) is 0 Å². The maximum Gasteiger partial charge on any atom is 0.173 e. The lowest BCUT2D eigenvalue weighted by Gasteiger charge is -2.52. The van der Waals surface area contributed by atoms with Crippen LogP contribution in [0, 0.1) is 5.92 Å². The number of rotatable bonds is 5. The summed E-state index contributed by atoms with van der Waals surface area (Å²) in [5, 5.41) is 2.40. The zero-order valence-corrected chi connectivity index (χ0v) is 25.0. The van der Waals surface area contributed by atoms with Gasteiger partial charge in [0, 0.05) is 29.1 Å². The Hall–Kier alpha value is -4.89. The van der Waals surface area contributed by atoms with Crippen molar-refractivity contribution in [2.75, 3.05) is 19.1 Å². The highest BCUT2D eigenvalue weighted by Crippen LogP contribution is 2.61. The quantitative estimate of drug-likeness (QED) is 0.201. The maximum absolute atomic E-state index is 15.0. The second-order valence-electron chi connectivity index (χ2n) is 12.1. The third-order valence-corrected chi connectivity index (χ3v) is 9.75. The highest BCUT2D eigenvalue weighted by Gasteiger charge is 2.62. The minimum Gasteiger partial charge on any atom is -0.497 e. The van der Waals surface area contributed by atoms with Crippen LogP contribution in [0.5, 0.6) is 5.75 Å². The second kappa shape index (κ2) is 10.1. The number of allylic oxidation sites excluding steroid dienone is 2.